The van der Waals surface area contributed by atoms with E-state index in [0.717, 1.165) is 5.56 Å². The van der Waals surface area contributed by atoms with Gasteiger partial charge in [0.15, 0.2) is 0 Å². The van der Waals surface area contributed by atoms with Crippen LogP contribution in [0.1, 0.15) is 36.4 Å². The van der Waals surface area contributed by atoms with Crippen molar-refractivity contribution in [3.63, 3.8) is 0 Å². The summed E-state index contributed by atoms with van der Waals surface area (Å²) in [6, 6.07) is 14.7. The van der Waals surface area contributed by atoms with Gasteiger partial charge in [0.05, 0.1) is 18.6 Å². The molecule has 1 aliphatic rings. The molecule has 1 aliphatic heterocycles. The quantitative estimate of drug-likeness (QED) is 0.870. The Morgan fingerprint density at radius 3 is 2.36 bits per heavy atom. The fourth-order valence-corrected chi connectivity index (χ4v) is 3.46. The summed E-state index contributed by atoms with van der Waals surface area (Å²) in [7, 11) is 0. The zero-order valence-electron chi connectivity index (χ0n) is 13.9. The van der Waals surface area contributed by atoms with Crippen LogP contribution in [0.5, 0.6) is 0 Å². The van der Waals surface area contributed by atoms with Gasteiger partial charge in [0.1, 0.15) is 5.82 Å². The lowest BCUT2D eigenvalue weighted by molar-refractivity contribution is -0.156. The molecule has 0 aromatic heterocycles. The Kier molecular flexibility index (Phi) is 4.95. The Balaban J connectivity index is 1.90. The molecule has 3 rings (SSSR count). The lowest BCUT2D eigenvalue weighted by atomic mass is 9.79. The van der Waals surface area contributed by atoms with Crippen molar-refractivity contribution in [3.8, 4) is 0 Å². The van der Waals surface area contributed by atoms with Crippen molar-refractivity contribution >= 4 is 11.8 Å². The van der Waals surface area contributed by atoms with Gasteiger partial charge >= 0.3 is 0 Å². The normalized spacial score (nSPS) is 22.1. The van der Waals surface area contributed by atoms with E-state index < -0.39 is 17.9 Å². The van der Waals surface area contributed by atoms with Gasteiger partial charge in [-0.05, 0) is 30.2 Å². The van der Waals surface area contributed by atoms with Crippen LogP contribution < -0.4 is 0 Å². The second-order valence-electron chi connectivity index (χ2n) is 6.34. The molecule has 0 saturated carbocycles. The fourth-order valence-electron chi connectivity index (χ4n) is 3.46. The number of carbonyl (C=O) groups is 2. The smallest absolute Gasteiger partial charge is 0.235 e. The number of nitrogens with zero attached hydrogens (tertiary/aromatic N) is 1. The number of hydrogen-bond acceptors (Lipinski definition) is 3. The third-order valence-corrected chi connectivity index (χ3v) is 4.87. The van der Waals surface area contributed by atoms with Crippen LogP contribution in [0.4, 0.5) is 4.39 Å². The van der Waals surface area contributed by atoms with Crippen molar-refractivity contribution in [2.24, 2.45) is 5.92 Å². The van der Waals surface area contributed by atoms with Crippen LogP contribution in [0.15, 0.2) is 54.6 Å². The minimum Gasteiger partial charge on any atom is -0.396 e. The summed E-state index contributed by atoms with van der Waals surface area (Å²) < 4.78 is 13.2. The zero-order chi connectivity index (χ0) is 18.0. The number of piperidine rings is 1. The van der Waals surface area contributed by atoms with E-state index >= 15 is 0 Å². The van der Waals surface area contributed by atoms with Crippen molar-refractivity contribution < 1.29 is 19.1 Å². The maximum Gasteiger partial charge on any atom is 0.235 e. The molecule has 1 N–H and O–H groups in total. The van der Waals surface area contributed by atoms with Gasteiger partial charge in [-0.3, -0.25) is 14.5 Å². The van der Waals surface area contributed by atoms with Gasteiger partial charge in [-0.25, -0.2) is 4.39 Å². The number of benzene rings is 2. The number of likely N-dealkylation sites (tertiary alicyclic amines) is 1. The molecule has 1 saturated heterocycles. The van der Waals surface area contributed by atoms with Crippen molar-refractivity contribution in [2.45, 2.75) is 25.3 Å². The molecule has 0 spiro atoms. The van der Waals surface area contributed by atoms with E-state index in [0.29, 0.717) is 5.56 Å². The van der Waals surface area contributed by atoms with Crippen LogP contribution in [0.2, 0.25) is 0 Å². The van der Waals surface area contributed by atoms with E-state index in [1.54, 1.807) is 19.1 Å². The number of aliphatic hydroxyl groups excluding tert-OH is 1. The second kappa shape index (κ2) is 7.15. The summed E-state index contributed by atoms with van der Waals surface area (Å²) in [5, 5.41) is 9.77. The van der Waals surface area contributed by atoms with Crippen LogP contribution in [-0.4, -0.2) is 28.4 Å². The number of aliphatic hydroxyl groups is 1. The Hall–Kier alpha value is -2.53. The van der Waals surface area contributed by atoms with Crippen LogP contribution >= 0.6 is 0 Å². The molecule has 0 radical (unpaired) electrons. The summed E-state index contributed by atoms with van der Waals surface area (Å²) in [6.07, 6.45) is 0.111. The monoisotopic (exact) mass is 341 g/mol. The van der Waals surface area contributed by atoms with E-state index in [1.807, 2.05) is 30.3 Å². The zero-order valence-corrected chi connectivity index (χ0v) is 13.9. The van der Waals surface area contributed by atoms with E-state index in [9.17, 15) is 19.1 Å². The van der Waals surface area contributed by atoms with E-state index in [1.165, 1.54) is 17.0 Å². The van der Waals surface area contributed by atoms with Crippen LogP contribution in [0.3, 0.4) is 0 Å². The predicted octanol–water partition coefficient (Wildman–Crippen LogP) is 3.04. The molecule has 5 heteroatoms. The first-order chi connectivity index (χ1) is 12.0. The number of carbonyl (C=O) groups excluding carboxylic acids is 2. The second-order valence-corrected chi connectivity index (χ2v) is 6.34. The Bertz CT molecular complexity index is 760. The number of rotatable bonds is 4. The SMILES string of the molecule is CC(c1ccccc1)N1C(=O)C[C@@H](c2ccc(F)cc2)[C@H](CO)C1=O. The van der Waals surface area contributed by atoms with Crippen LogP contribution in [-0.2, 0) is 9.59 Å². The molecular formula is C20H20FNO3. The van der Waals surface area contributed by atoms with Gasteiger partial charge in [-0.2, -0.15) is 0 Å². The lowest BCUT2D eigenvalue weighted by Crippen LogP contribution is -2.50. The van der Waals surface area contributed by atoms with Gasteiger partial charge in [0.2, 0.25) is 11.8 Å². The molecule has 2 aromatic carbocycles. The van der Waals surface area contributed by atoms with Crippen LogP contribution in [0.25, 0.3) is 0 Å². The summed E-state index contributed by atoms with van der Waals surface area (Å²) in [4.78, 5) is 26.8. The molecule has 1 heterocycles. The number of halogens is 1. The summed E-state index contributed by atoms with van der Waals surface area (Å²) in [5.41, 5.74) is 1.55. The molecule has 2 amide bonds. The Morgan fingerprint density at radius 2 is 1.76 bits per heavy atom. The number of hydrogen-bond donors (Lipinski definition) is 1. The van der Waals surface area contributed by atoms with E-state index in [4.69, 9.17) is 0 Å². The highest BCUT2D eigenvalue weighted by Gasteiger charge is 2.43. The van der Waals surface area contributed by atoms with Gasteiger partial charge in [-0.15, -0.1) is 0 Å². The number of imide groups is 1. The molecule has 1 unspecified atom stereocenters. The molecule has 3 atom stereocenters. The lowest BCUT2D eigenvalue weighted by Gasteiger charge is -2.39. The minimum atomic E-state index is -0.714. The average Bonchev–Trinajstić information content (AvgIpc) is 2.62. The van der Waals surface area contributed by atoms with Gasteiger partial charge < -0.3 is 5.11 Å². The maximum atomic E-state index is 13.2. The summed E-state index contributed by atoms with van der Waals surface area (Å²) >= 11 is 0. The molecule has 25 heavy (non-hydrogen) atoms. The van der Waals surface area contributed by atoms with Crippen molar-refractivity contribution in [1.82, 2.24) is 4.90 Å². The fraction of sp³-hybridized carbons (Fsp3) is 0.300. The van der Waals surface area contributed by atoms with Gasteiger partial charge in [0.25, 0.3) is 0 Å². The molecule has 2 aromatic rings. The topological polar surface area (TPSA) is 57.6 Å². The maximum absolute atomic E-state index is 13.2. The summed E-state index contributed by atoms with van der Waals surface area (Å²) in [5.74, 6) is -2.19. The standard InChI is InChI=1S/C20H20FNO3/c1-13(14-5-3-2-4-6-14)22-19(24)11-17(18(12-23)20(22)25)15-7-9-16(21)10-8-15/h2-10,13,17-18,23H,11-12H2,1H3/t13?,17-,18-/m0/s1. The highest BCUT2D eigenvalue weighted by Crippen LogP contribution is 2.37. The molecule has 4 nitrogen and oxygen atoms in total. The highest BCUT2D eigenvalue weighted by atomic mass is 19.1. The van der Waals surface area contributed by atoms with Crippen molar-refractivity contribution in [3.05, 3.63) is 71.5 Å². The Labute approximate surface area is 145 Å². The van der Waals surface area contributed by atoms with Crippen LogP contribution in [0, 0.1) is 11.7 Å². The van der Waals surface area contributed by atoms with Gasteiger partial charge in [-0.1, -0.05) is 42.5 Å². The first-order valence-electron chi connectivity index (χ1n) is 8.30. The van der Waals surface area contributed by atoms with E-state index in [2.05, 4.69) is 0 Å². The largest absolute Gasteiger partial charge is 0.396 e. The van der Waals surface area contributed by atoms with Crippen molar-refractivity contribution in [2.75, 3.05) is 6.61 Å². The molecule has 0 aliphatic carbocycles. The van der Waals surface area contributed by atoms with E-state index in [-0.39, 0.29) is 30.7 Å². The predicted molar refractivity (Wildman–Crippen MR) is 91.0 cm³/mol. The average molecular weight is 341 g/mol. The molecule has 1 fully saturated rings. The Morgan fingerprint density at radius 1 is 1.12 bits per heavy atom. The first kappa shape index (κ1) is 17.3. The molecule has 0 bridgehead atoms. The summed E-state index contributed by atoms with van der Waals surface area (Å²) in [6.45, 7) is 1.45. The molecular weight excluding hydrogens is 321 g/mol. The highest BCUT2D eigenvalue weighted by molar-refractivity contribution is 6.00. The first-order valence-corrected chi connectivity index (χ1v) is 8.30. The van der Waals surface area contributed by atoms with Crippen molar-refractivity contribution in [1.29, 1.82) is 0 Å². The van der Waals surface area contributed by atoms with Gasteiger partial charge in [0, 0.05) is 12.3 Å². The minimum absolute atomic E-state index is 0.111. The third-order valence-electron chi connectivity index (χ3n) is 4.87. The molecule has 130 valence electrons. The third kappa shape index (κ3) is 3.33. The number of amides is 2.